The summed E-state index contributed by atoms with van der Waals surface area (Å²) in [7, 11) is 1.75. The summed E-state index contributed by atoms with van der Waals surface area (Å²) in [4.78, 5) is 0. The summed E-state index contributed by atoms with van der Waals surface area (Å²) in [6, 6.07) is 10.0. The molecule has 0 aliphatic rings. The molecule has 2 nitrogen and oxygen atoms in total. The van der Waals surface area contributed by atoms with E-state index in [1.807, 2.05) is 6.07 Å². The van der Waals surface area contributed by atoms with Gasteiger partial charge >= 0.3 is 0 Å². The lowest BCUT2D eigenvalue weighted by Crippen LogP contribution is -2.08. The smallest absolute Gasteiger partial charge is 0.146 e. The Labute approximate surface area is 124 Å². The first-order valence-electron chi connectivity index (χ1n) is 5.66. The quantitative estimate of drug-likeness (QED) is 0.864. The van der Waals surface area contributed by atoms with Crippen molar-refractivity contribution in [3.8, 4) is 11.5 Å². The first-order valence-corrected chi connectivity index (χ1v) is 6.84. The molecule has 0 atom stereocenters. The molecule has 0 aliphatic heterocycles. The average Bonchev–Trinajstić information content (AvgIpc) is 2.37. The summed E-state index contributed by atoms with van der Waals surface area (Å²) in [5.74, 6) is 0.645. The highest BCUT2D eigenvalue weighted by Crippen LogP contribution is 2.33. The largest absolute Gasteiger partial charge is 0.455 e. The van der Waals surface area contributed by atoms with Gasteiger partial charge in [-0.2, -0.15) is 0 Å². The number of benzene rings is 2. The molecular weight excluding hydrogens is 333 g/mol. The van der Waals surface area contributed by atoms with E-state index in [1.165, 1.54) is 6.07 Å². The third-order valence-electron chi connectivity index (χ3n) is 2.54. The Balaban J connectivity index is 2.35. The first kappa shape index (κ1) is 14.3. The summed E-state index contributed by atoms with van der Waals surface area (Å²) in [5.41, 5.74) is 0.476. The van der Waals surface area contributed by atoms with Crippen LogP contribution in [0, 0.1) is 5.82 Å². The molecule has 0 aromatic heterocycles. The van der Waals surface area contributed by atoms with E-state index < -0.39 is 0 Å². The van der Waals surface area contributed by atoms with Crippen molar-refractivity contribution in [2.75, 3.05) is 7.05 Å². The average molecular weight is 345 g/mol. The van der Waals surface area contributed by atoms with Gasteiger partial charge in [0.2, 0.25) is 0 Å². The number of rotatable bonds is 4. The monoisotopic (exact) mass is 343 g/mol. The molecule has 2 aromatic rings. The van der Waals surface area contributed by atoms with Gasteiger partial charge < -0.3 is 10.1 Å². The summed E-state index contributed by atoms with van der Waals surface area (Å²) in [6.07, 6.45) is 0. The van der Waals surface area contributed by atoms with Gasteiger partial charge in [0.1, 0.15) is 17.3 Å². The second-order valence-corrected chi connectivity index (χ2v) is 5.25. The molecule has 0 radical (unpaired) electrons. The fourth-order valence-electron chi connectivity index (χ4n) is 1.66. The molecule has 0 amide bonds. The van der Waals surface area contributed by atoms with Gasteiger partial charge in [0.05, 0.1) is 5.02 Å². The molecule has 2 rings (SSSR count). The molecule has 0 bridgehead atoms. The summed E-state index contributed by atoms with van der Waals surface area (Å²) in [5, 5.41) is 3.38. The van der Waals surface area contributed by atoms with E-state index in [4.69, 9.17) is 16.3 Å². The van der Waals surface area contributed by atoms with Crippen LogP contribution in [0.2, 0.25) is 5.02 Å². The van der Waals surface area contributed by atoms with E-state index in [-0.39, 0.29) is 5.82 Å². The number of hydrogen-bond acceptors (Lipinski definition) is 2. The predicted octanol–water partition coefficient (Wildman–Crippen LogP) is 4.75. The highest BCUT2D eigenvalue weighted by Gasteiger charge is 2.11. The van der Waals surface area contributed by atoms with Crippen LogP contribution >= 0.6 is 27.5 Å². The Morgan fingerprint density at radius 1 is 1.26 bits per heavy atom. The topological polar surface area (TPSA) is 21.3 Å². The molecule has 0 aliphatic carbocycles. The lowest BCUT2D eigenvalue weighted by atomic mass is 10.2. The Morgan fingerprint density at radius 3 is 2.74 bits per heavy atom. The Kier molecular flexibility index (Phi) is 4.80. The zero-order valence-corrected chi connectivity index (χ0v) is 12.6. The zero-order chi connectivity index (χ0) is 13.8. The van der Waals surface area contributed by atoms with E-state index >= 15 is 0 Å². The van der Waals surface area contributed by atoms with E-state index in [9.17, 15) is 4.39 Å². The highest BCUT2D eigenvalue weighted by atomic mass is 79.9. The van der Waals surface area contributed by atoms with Gasteiger partial charge in [-0.25, -0.2) is 4.39 Å². The van der Waals surface area contributed by atoms with Crippen LogP contribution in [0.5, 0.6) is 11.5 Å². The molecule has 1 N–H and O–H groups in total. The number of ether oxygens (including phenoxy) is 1. The van der Waals surface area contributed by atoms with E-state index in [2.05, 4.69) is 21.2 Å². The molecule has 100 valence electrons. The molecule has 0 spiro atoms. The Hall–Kier alpha value is -1.10. The minimum Gasteiger partial charge on any atom is -0.455 e. The molecule has 0 saturated carbocycles. The van der Waals surface area contributed by atoms with Crippen molar-refractivity contribution >= 4 is 27.5 Å². The molecule has 2 aromatic carbocycles. The van der Waals surface area contributed by atoms with Gasteiger partial charge in [-0.3, -0.25) is 0 Å². The van der Waals surface area contributed by atoms with Gasteiger partial charge in [0.25, 0.3) is 0 Å². The molecule has 5 heteroatoms. The van der Waals surface area contributed by atoms with Crippen molar-refractivity contribution in [1.29, 1.82) is 0 Å². The molecule has 0 heterocycles. The third kappa shape index (κ3) is 3.47. The van der Waals surface area contributed by atoms with Crippen molar-refractivity contribution < 1.29 is 9.13 Å². The lowest BCUT2D eigenvalue weighted by molar-refractivity contribution is 0.464. The van der Waals surface area contributed by atoms with Gasteiger partial charge in [0, 0.05) is 16.6 Å². The fourth-order valence-corrected chi connectivity index (χ4v) is 2.37. The Morgan fingerprint density at radius 2 is 2.05 bits per heavy atom. The van der Waals surface area contributed by atoms with Gasteiger partial charge in [-0.05, 0) is 37.4 Å². The van der Waals surface area contributed by atoms with Crippen LogP contribution in [0.4, 0.5) is 4.39 Å². The summed E-state index contributed by atoms with van der Waals surface area (Å²) < 4.78 is 20.3. The van der Waals surface area contributed by atoms with E-state index in [1.54, 1.807) is 31.3 Å². The minimum atomic E-state index is -0.305. The molecule has 0 unspecified atom stereocenters. The maximum absolute atomic E-state index is 13.7. The Bertz CT molecular complexity index is 592. The molecule has 0 fully saturated rings. The number of nitrogens with one attached hydrogen (secondary N) is 1. The van der Waals surface area contributed by atoms with Gasteiger partial charge in [-0.1, -0.05) is 33.6 Å². The van der Waals surface area contributed by atoms with Gasteiger partial charge in [0.15, 0.2) is 0 Å². The second kappa shape index (κ2) is 6.37. The SMILES string of the molecule is CNCc1c(F)cccc1Oc1ccc(Br)cc1Cl. The number of halogens is 3. The summed E-state index contributed by atoms with van der Waals surface area (Å²) >= 11 is 9.41. The van der Waals surface area contributed by atoms with Crippen molar-refractivity contribution in [1.82, 2.24) is 5.32 Å². The standard InChI is InChI=1S/C14H12BrClFNO/c1-18-8-10-12(17)3-2-4-13(10)19-14-6-5-9(15)7-11(14)16/h2-7,18H,8H2,1H3. The van der Waals surface area contributed by atoms with Crippen LogP contribution in [-0.2, 0) is 6.54 Å². The predicted molar refractivity (Wildman–Crippen MR) is 78.4 cm³/mol. The zero-order valence-electron chi connectivity index (χ0n) is 10.2. The molecular formula is C14H12BrClFNO. The first-order chi connectivity index (χ1) is 9.11. The third-order valence-corrected chi connectivity index (χ3v) is 3.33. The fraction of sp³-hybridized carbons (Fsp3) is 0.143. The van der Waals surface area contributed by atoms with Crippen molar-refractivity contribution in [3.63, 3.8) is 0 Å². The van der Waals surface area contributed by atoms with Crippen LogP contribution in [0.3, 0.4) is 0 Å². The van der Waals surface area contributed by atoms with E-state index in [0.717, 1.165) is 4.47 Å². The second-order valence-electron chi connectivity index (χ2n) is 3.92. The normalized spacial score (nSPS) is 10.5. The van der Waals surface area contributed by atoms with Crippen molar-refractivity contribution in [3.05, 3.63) is 57.3 Å². The van der Waals surface area contributed by atoms with Crippen LogP contribution in [0.25, 0.3) is 0 Å². The number of hydrogen-bond donors (Lipinski definition) is 1. The van der Waals surface area contributed by atoms with Crippen LogP contribution in [0.15, 0.2) is 40.9 Å². The molecule has 19 heavy (non-hydrogen) atoms. The molecule has 0 saturated heterocycles. The maximum Gasteiger partial charge on any atom is 0.146 e. The van der Waals surface area contributed by atoms with Crippen LogP contribution in [-0.4, -0.2) is 7.05 Å². The highest BCUT2D eigenvalue weighted by molar-refractivity contribution is 9.10. The van der Waals surface area contributed by atoms with Crippen LogP contribution in [0.1, 0.15) is 5.56 Å². The minimum absolute atomic E-state index is 0.305. The van der Waals surface area contributed by atoms with Crippen LogP contribution < -0.4 is 10.1 Å². The van der Waals surface area contributed by atoms with Crippen molar-refractivity contribution in [2.45, 2.75) is 6.54 Å². The van der Waals surface area contributed by atoms with Gasteiger partial charge in [-0.15, -0.1) is 0 Å². The lowest BCUT2D eigenvalue weighted by Gasteiger charge is -2.13. The van der Waals surface area contributed by atoms with E-state index in [0.29, 0.717) is 28.6 Å². The van der Waals surface area contributed by atoms with Crippen molar-refractivity contribution in [2.24, 2.45) is 0 Å². The summed E-state index contributed by atoms with van der Waals surface area (Å²) in [6.45, 7) is 0.385. The maximum atomic E-state index is 13.7.